The Hall–Kier alpha value is -0.600. The lowest BCUT2D eigenvalue weighted by Crippen LogP contribution is -2.23. The van der Waals surface area contributed by atoms with Crippen LogP contribution in [0.5, 0.6) is 5.75 Å². The Balaban J connectivity index is 0.00000289. The Morgan fingerprint density at radius 1 is 1.22 bits per heavy atom. The fourth-order valence-electron chi connectivity index (χ4n) is 1.29. The first-order valence-corrected chi connectivity index (χ1v) is 5.07. The number of phenolic OH excluding ortho intramolecular Hbond substituents is 1. The molecule has 104 valence electrons. The maximum Gasteiger partial charge on any atom is 0.416 e. The first-order valence-electron chi connectivity index (χ1n) is 4.28. The first kappa shape index (κ1) is 17.4. The fourth-order valence-corrected chi connectivity index (χ4v) is 1.64. The topological polar surface area (TPSA) is 46.2 Å². The van der Waals surface area contributed by atoms with Crippen LogP contribution in [0.3, 0.4) is 0 Å². The van der Waals surface area contributed by atoms with E-state index in [-0.39, 0.29) is 16.9 Å². The molecule has 1 atom stereocenters. The molecule has 0 unspecified atom stereocenters. The van der Waals surface area contributed by atoms with E-state index < -0.39 is 35.5 Å². The number of halogens is 7. The molecule has 2 nitrogen and oxygen atoms in total. The van der Waals surface area contributed by atoms with Crippen LogP contribution in [-0.4, -0.2) is 11.5 Å². The summed E-state index contributed by atoms with van der Waals surface area (Å²) in [5.41, 5.74) is 2.59. The van der Waals surface area contributed by atoms with E-state index in [1.165, 1.54) is 0 Å². The van der Waals surface area contributed by atoms with Crippen molar-refractivity contribution < 1.29 is 27.1 Å². The van der Waals surface area contributed by atoms with E-state index in [9.17, 15) is 27.1 Å². The molecule has 0 fully saturated rings. The lowest BCUT2D eigenvalue weighted by Gasteiger charge is -2.19. The van der Waals surface area contributed by atoms with Crippen LogP contribution in [-0.2, 0) is 6.18 Å². The van der Waals surface area contributed by atoms with Crippen molar-refractivity contribution in [2.45, 2.75) is 18.6 Å². The third-order valence-electron chi connectivity index (χ3n) is 2.08. The highest BCUT2D eigenvalue weighted by molar-refractivity contribution is 9.10. The number of hydrogen-bond acceptors (Lipinski definition) is 2. The van der Waals surface area contributed by atoms with Crippen LogP contribution in [0.15, 0.2) is 16.6 Å². The van der Waals surface area contributed by atoms with Crippen LogP contribution in [0.1, 0.15) is 17.2 Å². The van der Waals surface area contributed by atoms with Gasteiger partial charge in [-0.2, -0.15) is 13.2 Å². The van der Waals surface area contributed by atoms with Crippen molar-refractivity contribution in [3.05, 3.63) is 27.7 Å². The molecule has 0 aliphatic rings. The molecular weight excluding hydrogens is 348 g/mol. The second-order valence-electron chi connectivity index (χ2n) is 3.22. The molecule has 0 heterocycles. The average molecular weight is 357 g/mol. The molecule has 0 bridgehead atoms. The van der Waals surface area contributed by atoms with Crippen molar-refractivity contribution in [3.8, 4) is 5.75 Å². The molecule has 1 aromatic carbocycles. The van der Waals surface area contributed by atoms with Crippen molar-refractivity contribution in [1.82, 2.24) is 0 Å². The van der Waals surface area contributed by atoms with Gasteiger partial charge in [-0.05, 0) is 28.1 Å². The molecule has 0 aromatic heterocycles. The SMILES string of the molecule is Cl.N[C@@H](c1c(C(F)(F)F)ccc(Br)c1O)C(F)F. The molecule has 1 aromatic rings. The molecule has 3 N–H and O–H groups in total. The maximum atomic E-state index is 12.6. The minimum absolute atomic E-state index is 0. The molecule has 0 amide bonds. The van der Waals surface area contributed by atoms with E-state index in [1.807, 2.05) is 0 Å². The standard InChI is InChI=1S/C9H7BrF5NO.ClH/c10-4-2-1-3(9(13,14)15)5(7(4)17)6(16)8(11)12;/h1-2,6,8,17H,16H2;1H/t6-;/m0./s1. The van der Waals surface area contributed by atoms with Crippen molar-refractivity contribution in [2.24, 2.45) is 5.73 Å². The quantitative estimate of drug-likeness (QED) is 0.791. The van der Waals surface area contributed by atoms with Gasteiger partial charge in [-0.25, -0.2) is 8.78 Å². The Morgan fingerprint density at radius 3 is 2.11 bits per heavy atom. The molecule has 0 radical (unpaired) electrons. The molecule has 9 heteroatoms. The predicted molar refractivity (Wildman–Crippen MR) is 61.0 cm³/mol. The lowest BCUT2D eigenvalue weighted by atomic mass is 9.99. The van der Waals surface area contributed by atoms with Gasteiger partial charge >= 0.3 is 6.18 Å². The second-order valence-corrected chi connectivity index (χ2v) is 4.07. The smallest absolute Gasteiger partial charge is 0.416 e. The normalized spacial score (nSPS) is 13.3. The first-order chi connectivity index (χ1) is 7.66. The third kappa shape index (κ3) is 3.46. The molecule has 0 spiro atoms. The molecule has 1 rings (SSSR count). The van der Waals surface area contributed by atoms with Crippen LogP contribution in [0.4, 0.5) is 22.0 Å². The lowest BCUT2D eigenvalue weighted by molar-refractivity contribution is -0.138. The van der Waals surface area contributed by atoms with Crippen molar-refractivity contribution in [2.75, 3.05) is 0 Å². The van der Waals surface area contributed by atoms with E-state index in [0.717, 1.165) is 6.07 Å². The van der Waals surface area contributed by atoms with Gasteiger partial charge in [-0.1, -0.05) is 0 Å². The van der Waals surface area contributed by atoms with Gasteiger partial charge in [0.15, 0.2) is 0 Å². The number of alkyl halides is 5. The summed E-state index contributed by atoms with van der Waals surface area (Å²) >= 11 is 2.75. The highest BCUT2D eigenvalue weighted by Crippen LogP contribution is 2.42. The van der Waals surface area contributed by atoms with Crippen LogP contribution < -0.4 is 5.73 Å². The molecular formula is C9H8BrClF5NO. The minimum Gasteiger partial charge on any atom is -0.506 e. The Kier molecular flexibility index (Phi) is 5.83. The summed E-state index contributed by atoms with van der Waals surface area (Å²) in [5, 5.41) is 9.40. The monoisotopic (exact) mass is 355 g/mol. The number of rotatable bonds is 2. The molecule has 0 saturated heterocycles. The van der Waals surface area contributed by atoms with Crippen molar-refractivity contribution in [3.63, 3.8) is 0 Å². The van der Waals surface area contributed by atoms with Gasteiger partial charge in [0.05, 0.1) is 16.1 Å². The van der Waals surface area contributed by atoms with Gasteiger partial charge in [0.2, 0.25) is 0 Å². The number of nitrogens with two attached hydrogens (primary N) is 1. The molecule has 0 saturated carbocycles. The minimum atomic E-state index is -4.86. The number of benzene rings is 1. The summed E-state index contributed by atoms with van der Waals surface area (Å²) in [6.07, 6.45) is -8.07. The zero-order valence-corrected chi connectivity index (χ0v) is 10.9. The molecule has 18 heavy (non-hydrogen) atoms. The van der Waals surface area contributed by atoms with E-state index in [4.69, 9.17) is 5.73 Å². The number of aromatic hydroxyl groups is 1. The van der Waals surface area contributed by atoms with Gasteiger partial charge in [-0.15, -0.1) is 12.4 Å². The zero-order valence-electron chi connectivity index (χ0n) is 8.51. The van der Waals surface area contributed by atoms with E-state index >= 15 is 0 Å². The average Bonchev–Trinajstić information content (AvgIpc) is 2.19. The zero-order chi connectivity index (χ0) is 13.4. The summed E-state index contributed by atoms with van der Waals surface area (Å²) in [6.45, 7) is 0. The van der Waals surface area contributed by atoms with Crippen molar-refractivity contribution >= 4 is 28.3 Å². The highest BCUT2D eigenvalue weighted by Gasteiger charge is 2.38. The van der Waals surface area contributed by atoms with E-state index in [0.29, 0.717) is 6.07 Å². The van der Waals surface area contributed by atoms with E-state index in [1.54, 1.807) is 0 Å². The number of hydrogen-bond donors (Lipinski definition) is 2. The summed E-state index contributed by atoms with van der Waals surface area (Å²) in [6, 6.07) is -0.703. The second kappa shape index (κ2) is 6.03. The van der Waals surface area contributed by atoms with Gasteiger partial charge in [-0.3, -0.25) is 0 Å². The Labute approximate surface area is 114 Å². The van der Waals surface area contributed by atoms with Gasteiger partial charge in [0, 0.05) is 5.56 Å². The van der Waals surface area contributed by atoms with Gasteiger partial charge in [0.1, 0.15) is 5.75 Å². The fraction of sp³-hybridized carbons (Fsp3) is 0.333. The highest BCUT2D eigenvalue weighted by atomic mass is 79.9. The third-order valence-corrected chi connectivity index (χ3v) is 2.72. The van der Waals surface area contributed by atoms with Crippen molar-refractivity contribution in [1.29, 1.82) is 0 Å². The Morgan fingerprint density at radius 2 is 1.72 bits per heavy atom. The summed E-state index contributed by atoms with van der Waals surface area (Å²) in [7, 11) is 0. The van der Waals surface area contributed by atoms with Crippen LogP contribution in [0.2, 0.25) is 0 Å². The molecule has 0 aliphatic carbocycles. The summed E-state index contributed by atoms with van der Waals surface area (Å²) in [5.74, 6) is -0.923. The largest absolute Gasteiger partial charge is 0.506 e. The predicted octanol–water partition coefficient (Wildman–Crippen LogP) is 3.86. The maximum absolute atomic E-state index is 12.6. The van der Waals surface area contributed by atoms with Gasteiger partial charge < -0.3 is 10.8 Å². The van der Waals surface area contributed by atoms with Crippen LogP contribution in [0, 0.1) is 0 Å². The van der Waals surface area contributed by atoms with Gasteiger partial charge in [0.25, 0.3) is 6.43 Å². The summed E-state index contributed by atoms with van der Waals surface area (Å²) < 4.78 is 62.3. The van der Waals surface area contributed by atoms with E-state index in [2.05, 4.69) is 15.9 Å². The Bertz CT molecular complexity index is 426. The molecule has 0 aliphatic heterocycles. The number of phenols is 1. The summed E-state index contributed by atoms with van der Waals surface area (Å²) in [4.78, 5) is 0. The van der Waals surface area contributed by atoms with Crippen LogP contribution in [0.25, 0.3) is 0 Å². The van der Waals surface area contributed by atoms with Crippen LogP contribution >= 0.6 is 28.3 Å².